The Balaban J connectivity index is 1.70. The zero-order valence-electron chi connectivity index (χ0n) is 18.5. The van der Waals surface area contributed by atoms with Crippen molar-refractivity contribution in [2.45, 2.75) is 6.04 Å². The normalized spacial score (nSPS) is 17.1. The smallest absolute Gasteiger partial charge is 0.335 e. The number of carbonyl (C=O) groups excluding carboxylic acids is 2. The second-order valence-corrected chi connectivity index (χ2v) is 9.65. The molecule has 0 aliphatic carbocycles. The monoisotopic (exact) mass is 565 g/mol. The number of methoxy groups -OCH3 is 1. The van der Waals surface area contributed by atoms with E-state index in [9.17, 15) is 24.6 Å². The molecule has 0 bridgehead atoms. The van der Waals surface area contributed by atoms with Gasteiger partial charge in [0.05, 0.1) is 39.0 Å². The van der Waals surface area contributed by atoms with Crippen molar-refractivity contribution in [1.29, 1.82) is 0 Å². The number of pyridine rings is 1. The lowest BCUT2D eigenvalue weighted by Gasteiger charge is -2.22. The summed E-state index contributed by atoms with van der Waals surface area (Å²) in [5, 5.41) is 20.7. The van der Waals surface area contributed by atoms with E-state index in [2.05, 4.69) is 25.9 Å². The lowest BCUT2D eigenvalue weighted by atomic mass is 9.96. The van der Waals surface area contributed by atoms with E-state index in [1.54, 1.807) is 42.6 Å². The first-order chi connectivity index (χ1) is 17.3. The maximum atomic E-state index is 13.3. The molecule has 0 spiro atoms. The quantitative estimate of drug-likeness (QED) is 0.201. The van der Waals surface area contributed by atoms with E-state index in [4.69, 9.17) is 4.74 Å². The highest BCUT2D eigenvalue weighted by Crippen LogP contribution is 2.44. The van der Waals surface area contributed by atoms with Gasteiger partial charge in [-0.1, -0.05) is 17.4 Å². The lowest BCUT2D eigenvalue weighted by Crippen LogP contribution is -2.29. The van der Waals surface area contributed by atoms with E-state index in [1.807, 2.05) is 0 Å². The first-order valence-corrected chi connectivity index (χ1v) is 12.1. The largest absolute Gasteiger partial charge is 0.507 e. The van der Waals surface area contributed by atoms with E-state index in [-0.39, 0.29) is 22.0 Å². The van der Waals surface area contributed by atoms with Crippen molar-refractivity contribution >= 4 is 66.0 Å². The highest BCUT2D eigenvalue weighted by Gasteiger charge is 2.48. The molecule has 0 saturated carbocycles. The van der Waals surface area contributed by atoms with Crippen molar-refractivity contribution in [1.82, 2.24) is 9.97 Å². The van der Waals surface area contributed by atoms with Crippen LogP contribution in [0.25, 0.3) is 16.0 Å². The maximum Gasteiger partial charge on any atom is 0.335 e. The number of carboxylic acids is 1. The van der Waals surface area contributed by atoms with Gasteiger partial charge in [-0.25, -0.2) is 9.78 Å². The van der Waals surface area contributed by atoms with Gasteiger partial charge in [0, 0.05) is 18.0 Å². The maximum absolute atomic E-state index is 13.3. The molecule has 2 aromatic heterocycles. The third kappa shape index (κ3) is 3.91. The SMILES string of the molecule is COc1ccc(/C(O)=C2\C(=O)C(=O)N(c3nc4ccc(C(=O)O)cc4s3)C2c2cccnc2)cc1Br. The van der Waals surface area contributed by atoms with Crippen molar-refractivity contribution in [3.05, 3.63) is 87.7 Å². The van der Waals surface area contributed by atoms with Gasteiger partial charge in [-0.15, -0.1) is 0 Å². The fraction of sp³-hybridized carbons (Fsp3) is 0.0800. The molecule has 0 radical (unpaired) electrons. The number of benzene rings is 2. The predicted octanol–water partition coefficient (Wildman–Crippen LogP) is 4.79. The lowest BCUT2D eigenvalue weighted by molar-refractivity contribution is -0.132. The number of rotatable bonds is 5. The summed E-state index contributed by atoms with van der Waals surface area (Å²) in [5.74, 6) is -2.66. The molecule has 36 heavy (non-hydrogen) atoms. The number of aromatic nitrogens is 2. The van der Waals surface area contributed by atoms with Gasteiger partial charge in [0.2, 0.25) is 0 Å². The summed E-state index contributed by atoms with van der Waals surface area (Å²) in [7, 11) is 1.50. The second kappa shape index (κ2) is 9.17. The number of aliphatic hydroxyl groups excluding tert-OH is 1. The van der Waals surface area contributed by atoms with Gasteiger partial charge < -0.3 is 14.9 Å². The number of hydrogen-bond acceptors (Lipinski definition) is 8. The Kier molecular flexibility index (Phi) is 6.02. The average molecular weight is 566 g/mol. The summed E-state index contributed by atoms with van der Waals surface area (Å²) in [5.41, 5.74) is 1.25. The Morgan fingerprint density at radius 2 is 1.89 bits per heavy atom. The van der Waals surface area contributed by atoms with Crippen LogP contribution < -0.4 is 9.64 Å². The zero-order valence-corrected chi connectivity index (χ0v) is 20.9. The number of anilines is 1. The molecule has 2 aromatic carbocycles. The number of Topliss-reactive ketones (excluding diaryl/α,β-unsaturated/α-hetero) is 1. The van der Waals surface area contributed by atoms with Gasteiger partial charge in [0.25, 0.3) is 5.78 Å². The zero-order chi connectivity index (χ0) is 25.6. The Morgan fingerprint density at radius 1 is 1.11 bits per heavy atom. The van der Waals surface area contributed by atoms with Crippen LogP contribution in [0.4, 0.5) is 5.13 Å². The number of ether oxygens (including phenoxy) is 1. The number of aliphatic hydroxyl groups is 1. The Labute approximate surface area is 216 Å². The van der Waals surface area contributed by atoms with Crippen LogP contribution >= 0.6 is 27.3 Å². The van der Waals surface area contributed by atoms with Gasteiger partial charge in [-0.3, -0.25) is 19.5 Å². The summed E-state index contributed by atoms with van der Waals surface area (Å²) >= 11 is 4.45. The minimum Gasteiger partial charge on any atom is -0.507 e. The molecule has 1 saturated heterocycles. The van der Waals surface area contributed by atoms with Crippen molar-refractivity contribution in [3.63, 3.8) is 0 Å². The number of hydrogen-bond donors (Lipinski definition) is 2. The fourth-order valence-corrected chi connectivity index (χ4v) is 5.57. The molecule has 11 heteroatoms. The van der Waals surface area contributed by atoms with Crippen LogP contribution in [-0.4, -0.2) is 45.0 Å². The average Bonchev–Trinajstić information content (AvgIpc) is 3.41. The molecule has 1 amide bonds. The van der Waals surface area contributed by atoms with Gasteiger partial charge >= 0.3 is 11.9 Å². The highest BCUT2D eigenvalue weighted by atomic mass is 79.9. The van der Waals surface area contributed by atoms with E-state index in [1.165, 1.54) is 30.3 Å². The number of nitrogens with zero attached hydrogens (tertiary/aromatic N) is 3. The summed E-state index contributed by atoms with van der Waals surface area (Å²) in [4.78, 5) is 47.8. The molecule has 3 heterocycles. The van der Waals surface area contributed by atoms with Crippen LogP contribution in [-0.2, 0) is 9.59 Å². The van der Waals surface area contributed by atoms with Crippen LogP contribution in [0.2, 0.25) is 0 Å². The predicted molar refractivity (Wildman–Crippen MR) is 136 cm³/mol. The Morgan fingerprint density at radius 3 is 2.56 bits per heavy atom. The second-order valence-electron chi connectivity index (χ2n) is 7.79. The van der Waals surface area contributed by atoms with Gasteiger partial charge in [0.1, 0.15) is 11.5 Å². The molecule has 1 unspecified atom stereocenters. The molecule has 1 atom stereocenters. The number of ketones is 1. The molecule has 5 rings (SSSR count). The van der Waals surface area contributed by atoms with E-state index < -0.39 is 23.7 Å². The minimum absolute atomic E-state index is 0.0775. The molecular formula is C25H16BrN3O6S. The number of amides is 1. The molecule has 2 N–H and O–H groups in total. The van der Waals surface area contributed by atoms with Crippen LogP contribution in [0, 0.1) is 0 Å². The van der Waals surface area contributed by atoms with E-state index >= 15 is 0 Å². The van der Waals surface area contributed by atoms with Gasteiger partial charge in [-0.2, -0.15) is 0 Å². The van der Waals surface area contributed by atoms with Crippen LogP contribution in [0.15, 0.2) is 71.0 Å². The molecule has 9 nitrogen and oxygen atoms in total. The van der Waals surface area contributed by atoms with Crippen molar-refractivity contribution in [2.75, 3.05) is 12.0 Å². The third-order valence-corrected chi connectivity index (χ3v) is 7.34. The first-order valence-electron chi connectivity index (χ1n) is 10.5. The van der Waals surface area contributed by atoms with Crippen molar-refractivity contribution < 1.29 is 29.3 Å². The summed E-state index contributed by atoms with van der Waals surface area (Å²) in [6, 6.07) is 11.6. The Bertz CT molecular complexity index is 1580. The summed E-state index contributed by atoms with van der Waals surface area (Å²) in [6.45, 7) is 0. The molecule has 1 aliphatic heterocycles. The van der Waals surface area contributed by atoms with Crippen LogP contribution in [0.5, 0.6) is 5.75 Å². The topological polar surface area (TPSA) is 130 Å². The number of aromatic carboxylic acids is 1. The fourth-order valence-electron chi connectivity index (χ4n) is 4.00. The molecule has 4 aromatic rings. The third-order valence-electron chi connectivity index (χ3n) is 5.70. The van der Waals surface area contributed by atoms with Crippen molar-refractivity contribution in [2.24, 2.45) is 0 Å². The number of carboxylic acid groups (broad SMARTS) is 1. The number of fused-ring (bicyclic) bond motifs is 1. The van der Waals surface area contributed by atoms with Crippen LogP contribution in [0.1, 0.15) is 27.5 Å². The summed E-state index contributed by atoms with van der Waals surface area (Å²) < 4.78 is 6.33. The molecular weight excluding hydrogens is 550 g/mol. The van der Waals surface area contributed by atoms with Gasteiger partial charge in [-0.05, 0) is 64.0 Å². The Hall–Kier alpha value is -4.09. The van der Waals surface area contributed by atoms with Crippen molar-refractivity contribution in [3.8, 4) is 5.75 Å². The first kappa shape index (κ1) is 23.6. The molecule has 1 aliphatic rings. The molecule has 180 valence electrons. The van der Waals surface area contributed by atoms with E-state index in [0.717, 1.165) is 11.3 Å². The number of thiazole rings is 1. The minimum atomic E-state index is -1.09. The van der Waals surface area contributed by atoms with Gasteiger partial charge in [0.15, 0.2) is 5.13 Å². The molecule has 1 fully saturated rings. The summed E-state index contributed by atoms with van der Waals surface area (Å²) in [6.07, 6.45) is 3.07. The van der Waals surface area contributed by atoms with E-state index in [0.29, 0.717) is 31.6 Å². The number of carbonyl (C=O) groups is 3. The standard InChI is InChI=1S/C25H16BrN3O6S/c1-35-17-7-5-12(9-15(17)26)21(30)19-20(14-3-2-8-27-11-14)29(23(32)22(19)31)25-28-16-6-4-13(24(33)34)10-18(16)36-25/h2-11,20,30H,1H3,(H,33,34)/b21-19+. The number of halogens is 1. The highest BCUT2D eigenvalue weighted by molar-refractivity contribution is 9.10. The van der Waals surface area contributed by atoms with Crippen LogP contribution in [0.3, 0.4) is 0 Å².